The van der Waals surface area contributed by atoms with Crippen molar-refractivity contribution in [1.82, 2.24) is 4.40 Å². The second kappa shape index (κ2) is 13.8. The van der Waals surface area contributed by atoms with Crippen molar-refractivity contribution in [3.05, 3.63) is 230 Å². The lowest BCUT2D eigenvalue weighted by molar-refractivity contribution is 0.660. The van der Waals surface area contributed by atoms with Gasteiger partial charge in [-0.05, 0) is 128 Å². The van der Waals surface area contributed by atoms with Crippen molar-refractivity contribution in [3.8, 4) is 44.5 Å². The Bertz CT molecular complexity index is 4060. The van der Waals surface area contributed by atoms with Crippen molar-refractivity contribution in [1.29, 1.82) is 0 Å². The van der Waals surface area contributed by atoms with Gasteiger partial charge in [-0.3, -0.25) is 0 Å². The van der Waals surface area contributed by atoms with Gasteiger partial charge in [0.05, 0.1) is 16.6 Å². The maximum absolute atomic E-state index is 6.28. The molecule has 0 saturated heterocycles. The third-order valence-corrected chi connectivity index (χ3v) is 14.5. The molecule has 66 heavy (non-hydrogen) atoms. The first-order valence-electron chi connectivity index (χ1n) is 22.9. The summed E-state index contributed by atoms with van der Waals surface area (Å²) in [7, 11) is 0. The first-order chi connectivity index (χ1) is 32.5. The van der Waals surface area contributed by atoms with Crippen molar-refractivity contribution in [2.24, 2.45) is 0 Å². The number of hydrogen-bond acceptors (Lipinski definition) is 2. The van der Waals surface area contributed by atoms with Gasteiger partial charge in [0, 0.05) is 54.8 Å². The fourth-order valence-electron chi connectivity index (χ4n) is 11.2. The number of hydrogen-bond donors (Lipinski definition) is 0. The normalized spacial score (nSPS) is 13.1. The third kappa shape index (κ3) is 5.38. The summed E-state index contributed by atoms with van der Waals surface area (Å²) in [5.74, 6) is 0. The average Bonchev–Trinajstić information content (AvgIpc) is 4.09. The van der Waals surface area contributed by atoms with Crippen LogP contribution in [0, 0.1) is 0 Å². The predicted octanol–water partition coefficient (Wildman–Crippen LogP) is 17.5. The van der Waals surface area contributed by atoms with Gasteiger partial charge in [-0.2, -0.15) is 0 Å². The van der Waals surface area contributed by atoms with Crippen LogP contribution in [0.5, 0.6) is 0 Å². The van der Waals surface area contributed by atoms with Gasteiger partial charge in [-0.15, -0.1) is 0 Å². The molecule has 14 rings (SSSR count). The number of furan rings is 1. The van der Waals surface area contributed by atoms with E-state index in [0.29, 0.717) is 0 Å². The lowest BCUT2D eigenvalue weighted by Gasteiger charge is -2.28. The molecule has 0 fully saturated rings. The van der Waals surface area contributed by atoms with Gasteiger partial charge < -0.3 is 13.7 Å². The van der Waals surface area contributed by atoms with Gasteiger partial charge in [-0.1, -0.05) is 159 Å². The maximum atomic E-state index is 6.28. The molecule has 0 radical (unpaired) electrons. The fraction of sp³-hybridized carbons (Fsp3) is 0.0476. The number of nitrogens with zero attached hydrogens (tertiary/aromatic N) is 2. The minimum atomic E-state index is -0.228. The van der Waals surface area contributed by atoms with E-state index in [0.717, 1.165) is 50.1 Å². The molecule has 0 amide bonds. The molecule has 1 aliphatic rings. The lowest BCUT2D eigenvalue weighted by Crippen LogP contribution is -2.16. The van der Waals surface area contributed by atoms with E-state index < -0.39 is 0 Å². The molecule has 0 N–H and O–H groups in total. The molecular weight excluding hydrogens is 801 g/mol. The molecule has 0 atom stereocenters. The number of aromatic nitrogens is 1. The van der Waals surface area contributed by atoms with Crippen molar-refractivity contribution in [2.75, 3.05) is 4.90 Å². The highest BCUT2D eigenvalue weighted by Gasteiger charge is 2.36. The Labute approximate surface area is 382 Å². The SMILES string of the molecule is CC1(C)c2cc(-c3ccc4c5cccc6c7ccccc7n(c4c3)c65)ccc2-c2ccc(N(c3ccc(-c4ccccc4)cc3)c3ccc(-c4ccc5c(c4)oc4ccccc45)cc3)cc21. The highest BCUT2D eigenvalue weighted by molar-refractivity contribution is 6.23. The van der Waals surface area contributed by atoms with Crippen LogP contribution in [0.4, 0.5) is 17.1 Å². The fourth-order valence-corrected chi connectivity index (χ4v) is 11.2. The molecule has 3 aromatic heterocycles. The van der Waals surface area contributed by atoms with Crippen molar-refractivity contribution >= 4 is 77.1 Å². The third-order valence-electron chi connectivity index (χ3n) is 14.5. The summed E-state index contributed by atoms with van der Waals surface area (Å²) >= 11 is 0. The molecule has 10 aromatic carbocycles. The van der Waals surface area contributed by atoms with Gasteiger partial charge >= 0.3 is 0 Å². The summed E-state index contributed by atoms with van der Waals surface area (Å²) in [6.07, 6.45) is 0. The first-order valence-corrected chi connectivity index (χ1v) is 22.9. The predicted molar refractivity (Wildman–Crippen MR) is 277 cm³/mol. The standard InChI is InChI=1S/C63H42N2O/c1-63(2)56-35-42(43-24-32-51-55-16-10-15-54-50-13-6-8-17-58(50)65(62(54)55)59(51)36-43)23-31-48(56)49-34-30-47(38-57(49)63)64(45-26-19-40(20-27-45)39-11-4-3-5-12-39)46-28-21-41(22-29-46)44-25-33-53-52-14-7-9-18-60(52)66-61(53)37-44/h3-38H,1-2H3. The highest BCUT2D eigenvalue weighted by Crippen LogP contribution is 2.52. The zero-order chi connectivity index (χ0) is 43.7. The molecule has 0 bridgehead atoms. The van der Waals surface area contributed by atoms with Gasteiger partial charge in [0.15, 0.2) is 0 Å². The Kier molecular flexibility index (Phi) is 7.74. The van der Waals surface area contributed by atoms with Crippen LogP contribution in [0.15, 0.2) is 223 Å². The average molecular weight is 843 g/mol. The molecule has 3 nitrogen and oxygen atoms in total. The molecule has 0 aliphatic heterocycles. The Balaban J connectivity index is 0.850. The van der Waals surface area contributed by atoms with Gasteiger partial charge in [0.25, 0.3) is 0 Å². The van der Waals surface area contributed by atoms with Crippen LogP contribution >= 0.6 is 0 Å². The molecule has 0 spiro atoms. The summed E-state index contributed by atoms with van der Waals surface area (Å²) in [6, 6.07) is 80.1. The molecule has 0 unspecified atom stereocenters. The van der Waals surface area contributed by atoms with E-state index in [-0.39, 0.29) is 5.41 Å². The monoisotopic (exact) mass is 842 g/mol. The largest absolute Gasteiger partial charge is 0.456 e. The van der Waals surface area contributed by atoms with E-state index >= 15 is 0 Å². The van der Waals surface area contributed by atoms with E-state index in [9.17, 15) is 0 Å². The Morgan fingerprint density at radius 1 is 0.348 bits per heavy atom. The second-order valence-corrected chi connectivity index (χ2v) is 18.5. The number of benzene rings is 10. The second-order valence-electron chi connectivity index (χ2n) is 18.5. The summed E-state index contributed by atoms with van der Waals surface area (Å²) in [4.78, 5) is 2.40. The number of fused-ring (bicyclic) bond motifs is 12. The summed E-state index contributed by atoms with van der Waals surface area (Å²) < 4.78 is 8.75. The van der Waals surface area contributed by atoms with Crippen molar-refractivity contribution < 1.29 is 4.42 Å². The van der Waals surface area contributed by atoms with E-state index in [1.54, 1.807) is 0 Å². The molecule has 13 aromatic rings. The van der Waals surface area contributed by atoms with Gasteiger partial charge in [0.2, 0.25) is 0 Å². The summed E-state index contributed by atoms with van der Waals surface area (Å²) in [5, 5.41) is 7.51. The smallest absolute Gasteiger partial charge is 0.136 e. The lowest BCUT2D eigenvalue weighted by atomic mass is 9.81. The van der Waals surface area contributed by atoms with Crippen LogP contribution in [0.25, 0.3) is 105 Å². The number of para-hydroxylation sites is 3. The Morgan fingerprint density at radius 3 is 1.61 bits per heavy atom. The minimum absolute atomic E-state index is 0.228. The van der Waals surface area contributed by atoms with E-state index in [4.69, 9.17) is 4.42 Å². The van der Waals surface area contributed by atoms with Crippen LogP contribution < -0.4 is 4.90 Å². The number of anilines is 3. The highest BCUT2D eigenvalue weighted by atomic mass is 16.3. The summed E-state index contributed by atoms with van der Waals surface area (Å²) in [5.41, 5.74) is 21.2. The minimum Gasteiger partial charge on any atom is -0.456 e. The molecule has 310 valence electrons. The molecule has 3 heteroatoms. The maximum Gasteiger partial charge on any atom is 0.136 e. The Morgan fingerprint density at radius 2 is 0.848 bits per heavy atom. The summed E-state index contributed by atoms with van der Waals surface area (Å²) in [6.45, 7) is 4.78. The Hall–Kier alpha value is -8.40. The molecule has 1 aliphatic carbocycles. The molecule has 3 heterocycles. The topological polar surface area (TPSA) is 20.8 Å². The van der Waals surface area contributed by atoms with Crippen LogP contribution in [0.2, 0.25) is 0 Å². The van der Waals surface area contributed by atoms with E-state index in [1.807, 2.05) is 12.1 Å². The van der Waals surface area contributed by atoms with Crippen LogP contribution in [-0.2, 0) is 5.41 Å². The quantitative estimate of drug-likeness (QED) is 0.166. The van der Waals surface area contributed by atoms with Crippen LogP contribution in [-0.4, -0.2) is 4.40 Å². The van der Waals surface area contributed by atoms with E-state index in [1.165, 1.54) is 82.6 Å². The van der Waals surface area contributed by atoms with E-state index in [2.05, 4.69) is 229 Å². The molecular formula is C63H42N2O. The zero-order valence-corrected chi connectivity index (χ0v) is 36.6. The first kappa shape index (κ1) is 37.0. The number of rotatable bonds is 6. The van der Waals surface area contributed by atoms with Gasteiger partial charge in [-0.25, -0.2) is 0 Å². The van der Waals surface area contributed by atoms with Crippen LogP contribution in [0.1, 0.15) is 25.0 Å². The van der Waals surface area contributed by atoms with Crippen molar-refractivity contribution in [3.63, 3.8) is 0 Å². The zero-order valence-electron chi connectivity index (χ0n) is 36.6. The van der Waals surface area contributed by atoms with Gasteiger partial charge in [0.1, 0.15) is 11.2 Å². The van der Waals surface area contributed by atoms with Crippen LogP contribution in [0.3, 0.4) is 0 Å². The molecule has 0 saturated carbocycles. The van der Waals surface area contributed by atoms with Crippen molar-refractivity contribution in [2.45, 2.75) is 19.3 Å².